The largest absolute Gasteiger partial charge is 0.442 e. The van der Waals surface area contributed by atoms with Crippen molar-refractivity contribution in [1.82, 2.24) is 9.55 Å². The summed E-state index contributed by atoms with van der Waals surface area (Å²) in [5.74, 6) is 0.0575. The van der Waals surface area contributed by atoms with E-state index in [9.17, 15) is 9.59 Å². The van der Waals surface area contributed by atoms with Gasteiger partial charge in [-0.2, -0.15) is 0 Å². The van der Waals surface area contributed by atoms with Crippen molar-refractivity contribution < 1.29 is 9.21 Å². The van der Waals surface area contributed by atoms with E-state index in [4.69, 9.17) is 4.42 Å². The Hall–Kier alpha value is -2.89. The first-order valence-electron chi connectivity index (χ1n) is 9.84. The number of hydrogen-bond donors (Lipinski definition) is 1. The van der Waals surface area contributed by atoms with E-state index < -0.39 is 0 Å². The number of aromatic nitrogens is 2. The Bertz CT molecular complexity index is 1100. The minimum absolute atomic E-state index is 0.143. The van der Waals surface area contributed by atoms with Gasteiger partial charge < -0.3 is 9.73 Å². The van der Waals surface area contributed by atoms with Crippen LogP contribution in [0, 0.1) is 20.8 Å². The second-order valence-corrected chi connectivity index (χ2v) is 7.72. The molecule has 1 fully saturated rings. The van der Waals surface area contributed by atoms with Crippen LogP contribution in [0.1, 0.15) is 65.4 Å². The van der Waals surface area contributed by atoms with E-state index in [0.29, 0.717) is 11.4 Å². The summed E-state index contributed by atoms with van der Waals surface area (Å²) >= 11 is 0. The van der Waals surface area contributed by atoms with Crippen LogP contribution in [0.2, 0.25) is 0 Å². The Morgan fingerprint density at radius 1 is 1.14 bits per heavy atom. The smallest absolute Gasteiger partial charge is 0.265 e. The van der Waals surface area contributed by atoms with E-state index in [2.05, 4.69) is 10.3 Å². The number of aryl methyl sites for hydroxylation is 3. The zero-order valence-corrected chi connectivity index (χ0v) is 16.5. The standard InChI is InChI=1S/C22H25N3O3/c1-13-9-10-16(11-14(13)2)24-20(26)18-15(3)28-21-19(18)22(27)25(12-23-21)17-7-5-4-6-8-17/h9-12,17H,4-8H2,1-3H3,(H,24,26). The van der Waals surface area contributed by atoms with E-state index in [0.717, 1.165) is 36.8 Å². The highest BCUT2D eigenvalue weighted by Gasteiger charge is 2.25. The number of anilines is 1. The van der Waals surface area contributed by atoms with Gasteiger partial charge in [0, 0.05) is 11.7 Å². The molecular weight excluding hydrogens is 354 g/mol. The fourth-order valence-corrected chi connectivity index (χ4v) is 4.02. The van der Waals surface area contributed by atoms with Crippen LogP contribution in [-0.2, 0) is 0 Å². The molecule has 6 nitrogen and oxygen atoms in total. The molecule has 3 aromatic rings. The van der Waals surface area contributed by atoms with Crippen LogP contribution in [0.25, 0.3) is 11.1 Å². The lowest BCUT2D eigenvalue weighted by Gasteiger charge is -2.23. The molecule has 0 atom stereocenters. The van der Waals surface area contributed by atoms with Crippen molar-refractivity contribution in [3.63, 3.8) is 0 Å². The van der Waals surface area contributed by atoms with Crippen LogP contribution in [0.3, 0.4) is 0 Å². The van der Waals surface area contributed by atoms with Crippen LogP contribution < -0.4 is 10.9 Å². The molecule has 0 bridgehead atoms. The highest BCUT2D eigenvalue weighted by atomic mass is 16.3. The number of furan rings is 1. The molecule has 2 heterocycles. The lowest BCUT2D eigenvalue weighted by atomic mass is 9.95. The lowest BCUT2D eigenvalue weighted by molar-refractivity contribution is 0.102. The number of rotatable bonds is 3. The Morgan fingerprint density at radius 3 is 2.61 bits per heavy atom. The number of fused-ring (bicyclic) bond motifs is 1. The van der Waals surface area contributed by atoms with Gasteiger partial charge in [-0.3, -0.25) is 14.2 Å². The molecule has 0 spiro atoms. The van der Waals surface area contributed by atoms with Gasteiger partial charge in [0.15, 0.2) is 0 Å². The molecule has 1 amide bonds. The monoisotopic (exact) mass is 379 g/mol. The molecule has 4 rings (SSSR count). The minimum atomic E-state index is -0.347. The Kier molecular flexibility index (Phi) is 4.79. The average molecular weight is 379 g/mol. The summed E-state index contributed by atoms with van der Waals surface area (Å²) in [5.41, 5.74) is 3.24. The van der Waals surface area contributed by atoms with E-state index in [1.54, 1.807) is 17.8 Å². The third-order valence-electron chi connectivity index (χ3n) is 5.77. The van der Waals surface area contributed by atoms with Gasteiger partial charge in [-0.1, -0.05) is 25.3 Å². The number of nitrogens with zero attached hydrogens (tertiary/aromatic N) is 2. The third kappa shape index (κ3) is 3.23. The third-order valence-corrected chi connectivity index (χ3v) is 5.77. The van der Waals surface area contributed by atoms with Gasteiger partial charge in [-0.15, -0.1) is 0 Å². The second kappa shape index (κ2) is 7.26. The predicted molar refractivity (Wildman–Crippen MR) is 109 cm³/mol. The van der Waals surface area contributed by atoms with E-state index >= 15 is 0 Å². The van der Waals surface area contributed by atoms with Crippen LogP contribution in [0.4, 0.5) is 5.69 Å². The molecular formula is C22H25N3O3. The van der Waals surface area contributed by atoms with Crippen LogP contribution in [0.15, 0.2) is 33.7 Å². The molecule has 1 aliphatic carbocycles. The molecule has 1 aliphatic rings. The maximum Gasteiger partial charge on any atom is 0.265 e. The molecule has 1 aromatic carbocycles. The van der Waals surface area contributed by atoms with Gasteiger partial charge in [0.05, 0.1) is 5.56 Å². The molecule has 2 aromatic heterocycles. The number of benzene rings is 1. The first-order valence-corrected chi connectivity index (χ1v) is 9.84. The summed E-state index contributed by atoms with van der Waals surface area (Å²) in [6.45, 7) is 5.71. The average Bonchev–Trinajstić information content (AvgIpc) is 3.02. The van der Waals surface area contributed by atoms with Crippen molar-refractivity contribution in [2.24, 2.45) is 0 Å². The fraction of sp³-hybridized carbons (Fsp3) is 0.409. The molecule has 0 aliphatic heterocycles. The summed E-state index contributed by atoms with van der Waals surface area (Å²) in [7, 11) is 0. The normalized spacial score (nSPS) is 15.1. The van der Waals surface area contributed by atoms with Gasteiger partial charge in [0.25, 0.3) is 11.5 Å². The minimum Gasteiger partial charge on any atom is -0.442 e. The van der Waals surface area contributed by atoms with Crippen molar-refractivity contribution in [2.45, 2.75) is 58.9 Å². The number of carbonyl (C=O) groups is 1. The van der Waals surface area contributed by atoms with Crippen molar-refractivity contribution >= 4 is 22.7 Å². The van der Waals surface area contributed by atoms with Crippen molar-refractivity contribution in [3.05, 3.63) is 57.3 Å². The van der Waals surface area contributed by atoms with E-state index in [1.807, 2.05) is 32.0 Å². The molecule has 1 saturated carbocycles. The lowest BCUT2D eigenvalue weighted by Crippen LogP contribution is -2.27. The van der Waals surface area contributed by atoms with E-state index in [-0.39, 0.29) is 34.2 Å². The fourth-order valence-electron chi connectivity index (χ4n) is 4.02. The summed E-state index contributed by atoms with van der Waals surface area (Å²) in [4.78, 5) is 30.5. The number of nitrogens with one attached hydrogen (secondary N) is 1. The molecule has 0 unspecified atom stereocenters. The summed E-state index contributed by atoms with van der Waals surface area (Å²) in [5, 5.41) is 3.17. The van der Waals surface area contributed by atoms with Crippen LogP contribution in [0.5, 0.6) is 0 Å². The molecule has 0 saturated heterocycles. The molecule has 28 heavy (non-hydrogen) atoms. The summed E-state index contributed by atoms with van der Waals surface area (Å²) < 4.78 is 7.32. The first kappa shape index (κ1) is 18.5. The zero-order valence-electron chi connectivity index (χ0n) is 16.5. The van der Waals surface area contributed by atoms with Crippen LogP contribution in [-0.4, -0.2) is 15.5 Å². The highest BCUT2D eigenvalue weighted by Crippen LogP contribution is 2.28. The second-order valence-electron chi connectivity index (χ2n) is 7.72. The Labute approximate surface area is 163 Å². The SMILES string of the molecule is Cc1ccc(NC(=O)c2c(C)oc3ncn(C4CCCCC4)c(=O)c23)cc1C. The summed E-state index contributed by atoms with van der Waals surface area (Å²) in [6, 6.07) is 5.88. The van der Waals surface area contributed by atoms with Crippen molar-refractivity contribution in [3.8, 4) is 0 Å². The zero-order chi connectivity index (χ0) is 19.8. The topological polar surface area (TPSA) is 77.1 Å². The van der Waals surface area contributed by atoms with Crippen molar-refractivity contribution in [1.29, 1.82) is 0 Å². The number of carbonyl (C=O) groups excluding carboxylic acids is 1. The quantitative estimate of drug-likeness (QED) is 0.717. The highest BCUT2D eigenvalue weighted by molar-refractivity contribution is 6.12. The van der Waals surface area contributed by atoms with Gasteiger partial charge in [-0.25, -0.2) is 4.98 Å². The maximum absolute atomic E-state index is 13.2. The predicted octanol–water partition coefficient (Wildman–Crippen LogP) is 4.67. The van der Waals surface area contributed by atoms with E-state index in [1.165, 1.54) is 6.42 Å². The van der Waals surface area contributed by atoms with Gasteiger partial charge in [0.1, 0.15) is 17.5 Å². The number of amides is 1. The van der Waals surface area contributed by atoms with Gasteiger partial charge >= 0.3 is 0 Å². The molecule has 146 valence electrons. The molecule has 6 heteroatoms. The first-order chi connectivity index (χ1) is 13.5. The Balaban J connectivity index is 1.75. The van der Waals surface area contributed by atoms with Crippen LogP contribution >= 0.6 is 0 Å². The molecule has 0 radical (unpaired) electrons. The maximum atomic E-state index is 13.2. The van der Waals surface area contributed by atoms with Gasteiger partial charge in [0.2, 0.25) is 5.71 Å². The number of hydrogen-bond acceptors (Lipinski definition) is 4. The Morgan fingerprint density at radius 2 is 1.89 bits per heavy atom. The van der Waals surface area contributed by atoms with Crippen molar-refractivity contribution in [2.75, 3.05) is 5.32 Å². The van der Waals surface area contributed by atoms with Gasteiger partial charge in [-0.05, 0) is 56.9 Å². The molecule has 1 N–H and O–H groups in total. The summed E-state index contributed by atoms with van der Waals surface area (Å²) in [6.07, 6.45) is 6.92.